The van der Waals surface area contributed by atoms with E-state index in [-0.39, 0.29) is 17.9 Å². The molecule has 6 heteroatoms. The highest BCUT2D eigenvalue weighted by Crippen LogP contribution is 2.20. The SMILES string of the molecule is C=CC[C@H](NC(C)=O)C(=O)N1CCC[C@H]1Cn1cccn1. The van der Waals surface area contributed by atoms with Crippen LogP contribution in [0.25, 0.3) is 0 Å². The second-order valence-electron chi connectivity index (χ2n) is 5.33. The Hall–Kier alpha value is -2.11. The zero-order chi connectivity index (χ0) is 15.2. The minimum absolute atomic E-state index is 0.0280. The van der Waals surface area contributed by atoms with Crippen LogP contribution in [0.5, 0.6) is 0 Å². The maximum atomic E-state index is 12.6. The van der Waals surface area contributed by atoms with Gasteiger partial charge < -0.3 is 10.2 Å². The lowest BCUT2D eigenvalue weighted by atomic mass is 10.1. The Morgan fingerprint density at radius 2 is 2.38 bits per heavy atom. The van der Waals surface area contributed by atoms with Crippen molar-refractivity contribution in [1.29, 1.82) is 0 Å². The largest absolute Gasteiger partial charge is 0.344 e. The zero-order valence-corrected chi connectivity index (χ0v) is 12.4. The molecule has 2 amide bonds. The molecule has 1 aromatic rings. The van der Waals surface area contributed by atoms with Gasteiger partial charge >= 0.3 is 0 Å². The highest BCUT2D eigenvalue weighted by molar-refractivity contribution is 5.87. The van der Waals surface area contributed by atoms with Crippen LogP contribution in [-0.4, -0.2) is 45.1 Å². The molecule has 2 rings (SSSR count). The molecule has 0 unspecified atom stereocenters. The fourth-order valence-corrected chi connectivity index (χ4v) is 2.77. The number of nitrogens with one attached hydrogen (secondary N) is 1. The lowest BCUT2D eigenvalue weighted by Crippen LogP contribution is -2.50. The van der Waals surface area contributed by atoms with Crippen molar-refractivity contribution in [2.24, 2.45) is 0 Å². The van der Waals surface area contributed by atoms with Gasteiger partial charge in [-0.1, -0.05) is 6.08 Å². The van der Waals surface area contributed by atoms with Crippen LogP contribution in [0.2, 0.25) is 0 Å². The van der Waals surface area contributed by atoms with Crippen molar-refractivity contribution in [2.75, 3.05) is 6.54 Å². The van der Waals surface area contributed by atoms with Crippen molar-refractivity contribution in [3.8, 4) is 0 Å². The first-order chi connectivity index (χ1) is 10.1. The van der Waals surface area contributed by atoms with Gasteiger partial charge in [0.05, 0.1) is 12.6 Å². The van der Waals surface area contributed by atoms with Crippen LogP contribution in [0.15, 0.2) is 31.1 Å². The number of carbonyl (C=O) groups excluding carboxylic acids is 2. The van der Waals surface area contributed by atoms with Crippen LogP contribution in [0.3, 0.4) is 0 Å². The quantitative estimate of drug-likeness (QED) is 0.793. The molecular weight excluding hydrogens is 268 g/mol. The Morgan fingerprint density at radius 1 is 1.57 bits per heavy atom. The fraction of sp³-hybridized carbons (Fsp3) is 0.533. The Labute approximate surface area is 124 Å². The second-order valence-corrected chi connectivity index (χ2v) is 5.33. The number of carbonyl (C=O) groups is 2. The molecule has 2 heterocycles. The summed E-state index contributed by atoms with van der Waals surface area (Å²) in [5, 5.41) is 6.91. The first-order valence-electron chi connectivity index (χ1n) is 7.27. The number of hydrogen-bond acceptors (Lipinski definition) is 3. The average Bonchev–Trinajstić information content (AvgIpc) is 3.09. The number of likely N-dealkylation sites (tertiary alicyclic amines) is 1. The van der Waals surface area contributed by atoms with E-state index in [0.717, 1.165) is 19.4 Å². The van der Waals surface area contributed by atoms with E-state index in [9.17, 15) is 9.59 Å². The van der Waals surface area contributed by atoms with E-state index in [0.29, 0.717) is 13.0 Å². The first-order valence-corrected chi connectivity index (χ1v) is 7.27. The summed E-state index contributed by atoms with van der Waals surface area (Å²) in [6.45, 7) is 6.51. The van der Waals surface area contributed by atoms with Gasteiger partial charge in [0.2, 0.25) is 11.8 Å². The van der Waals surface area contributed by atoms with Crippen LogP contribution in [0.1, 0.15) is 26.2 Å². The van der Waals surface area contributed by atoms with Crippen molar-refractivity contribution in [1.82, 2.24) is 20.0 Å². The van der Waals surface area contributed by atoms with Gasteiger partial charge in [-0.25, -0.2) is 0 Å². The van der Waals surface area contributed by atoms with Crippen LogP contribution in [0, 0.1) is 0 Å². The molecule has 1 aliphatic heterocycles. The molecule has 114 valence electrons. The van der Waals surface area contributed by atoms with Gasteiger partial charge in [0.1, 0.15) is 6.04 Å². The smallest absolute Gasteiger partial charge is 0.245 e. The van der Waals surface area contributed by atoms with Crippen molar-refractivity contribution in [3.05, 3.63) is 31.1 Å². The van der Waals surface area contributed by atoms with E-state index < -0.39 is 6.04 Å². The topological polar surface area (TPSA) is 67.2 Å². The summed E-state index contributed by atoms with van der Waals surface area (Å²) in [5.41, 5.74) is 0. The molecule has 1 aliphatic rings. The summed E-state index contributed by atoms with van der Waals surface area (Å²) in [6, 6.07) is 1.50. The summed E-state index contributed by atoms with van der Waals surface area (Å²) < 4.78 is 1.84. The summed E-state index contributed by atoms with van der Waals surface area (Å²) >= 11 is 0. The molecule has 1 saturated heterocycles. The Balaban J connectivity index is 2.04. The highest BCUT2D eigenvalue weighted by atomic mass is 16.2. The van der Waals surface area contributed by atoms with Gasteiger partial charge in [0.15, 0.2) is 0 Å². The molecule has 1 fully saturated rings. The van der Waals surface area contributed by atoms with Crippen molar-refractivity contribution >= 4 is 11.8 Å². The molecule has 0 bridgehead atoms. The zero-order valence-electron chi connectivity index (χ0n) is 12.4. The molecule has 0 aromatic carbocycles. The molecule has 21 heavy (non-hydrogen) atoms. The minimum atomic E-state index is -0.516. The summed E-state index contributed by atoms with van der Waals surface area (Å²) in [6.07, 6.45) is 7.69. The number of amides is 2. The summed E-state index contributed by atoms with van der Waals surface area (Å²) in [4.78, 5) is 25.8. The number of rotatable bonds is 6. The molecule has 0 radical (unpaired) electrons. The van der Waals surface area contributed by atoms with Gasteiger partial charge in [-0.05, 0) is 25.3 Å². The van der Waals surface area contributed by atoms with Gasteiger partial charge in [0.25, 0.3) is 0 Å². The number of aromatic nitrogens is 2. The molecule has 0 saturated carbocycles. The van der Waals surface area contributed by atoms with E-state index in [1.54, 1.807) is 12.3 Å². The van der Waals surface area contributed by atoms with Crippen LogP contribution < -0.4 is 5.32 Å². The average molecular weight is 290 g/mol. The molecule has 6 nitrogen and oxygen atoms in total. The van der Waals surface area contributed by atoms with Crippen LogP contribution in [0.4, 0.5) is 0 Å². The Bertz CT molecular complexity index is 498. The standard InChI is InChI=1S/C15H22N4O2/c1-3-6-14(17-12(2)20)15(21)19-10-4-7-13(19)11-18-9-5-8-16-18/h3,5,8-9,13-14H,1,4,6-7,10-11H2,2H3,(H,17,20)/t13-,14-/m0/s1. The van der Waals surface area contributed by atoms with Gasteiger partial charge in [-0.2, -0.15) is 5.10 Å². The predicted octanol–water partition coefficient (Wildman–Crippen LogP) is 0.955. The van der Waals surface area contributed by atoms with Gasteiger partial charge in [-0.3, -0.25) is 14.3 Å². The van der Waals surface area contributed by atoms with Crippen molar-refractivity contribution < 1.29 is 9.59 Å². The normalized spacial score (nSPS) is 19.3. The first kappa shape index (κ1) is 15.3. The van der Waals surface area contributed by atoms with E-state index in [2.05, 4.69) is 17.0 Å². The maximum Gasteiger partial charge on any atom is 0.245 e. The molecule has 0 spiro atoms. The summed E-state index contributed by atoms with van der Waals surface area (Å²) in [7, 11) is 0. The van der Waals surface area contributed by atoms with E-state index in [4.69, 9.17) is 0 Å². The molecule has 0 aliphatic carbocycles. The summed E-state index contributed by atoms with van der Waals surface area (Å²) in [5.74, 6) is -0.224. The van der Waals surface area contributed by atoms with Crippen LogP contribution >= 0.6 is 0 Å². The van der Waals surface area contributed by atoms with E-state index >= 15 is 0 Å². The van der Waals surface area contributed by atoms with Crippen molar-refractivity contribution in [2.45, 2.75) is 44.8 Å². The minimum Gasteiger partial charge on any atom is -0.344 e. The molecular formula is C15H22N4O2. The van der Waals surface area contributed by atoms with Crippen LogP contribution in [-0.2, 0) is 16.1 Å². The molecule has 2 atom stereocenters. The Morgan fingerprint density at radius 3 is 3.00 bits per heavy atom. The third-order valence-electron chi connectivity index (χ3n) is 3.70. The van der Waals surface area contributed by atoms with Gasteiger partial charge in [0, 0.05) is 25.9 Å². The number of hydrogen-bond donors (Lipinski definition) is 1. The monoisotopic (exact) mass is 290 g/mol. The molecule has 1 N–H and O–H groups in total. The van der Waals surface area contributed by atoms with Gasteiger partial charge in [-0.15, -0.1) is 6.58 Å². The highest BCUT2D eigenvalue weighted by Gasteiger charge is 2.33. The lowest BCUT2D eigenvalue weighted by Gasteiger charge is -2.28. The van der Waals surface area contributed by atoms with E-state index in [1.165, 1.54) is 6.92 Å². The molecule has 1 aromatic heterocycles. The fourth-order valence-electron chi connectivity index (χ4n) is 2.77. The van der Waals surface area contributed by atoms with E-state index in [1.807, 2.05) is 21.8 Å². The lowest BCUT2D eigenvalue weighted by molar-refractivity contribution is -0.137. The maximum absolute atomic E-state index is 12.6. The predicted molar refractivity (Wildman–Crippen MR) is 79.4 cm³/mol. The van der Waals surface area contributed by atoms with Crippen molar-refractivity contribution in [3.63, 3.8) is 0 Å². The Kier molecular flexibility index (Phi) is 5.14. The third kappa shape index (κ3) is 3.93. The second kappa shape index (κ2) is 7.06. The number of nitrogens with zero attached hydrogens (tertiary/aromatic N) is 3. The third-order valence-corrected chi connectivity index (χ3v) is 3.70.